The van der Waals surface area contributed by atoms with Crippen LogP contribution in [-0.2, 0) is 0 Å². The predicted octanol–water partition coefficient (Wildman–Crippen LogP) is 1.67. The standard InChI is InChI=1S/C10H12Cl2N4O/c11-8-13-9(12)15-10(14-8)16-5-1-2-6(16)4-7(17)3-5/h5-7,17H,1-4H2. The van der Waals surface area contributed by atoms with E-state index in [1.807, 2.05) is 0 Å². The van der Waals surface area contributed by atoms with Crippen molar-refractivity contribution in [1.82, 2.24) is 15.0 Å². The zero-order valence-corrected chi connectivity index (χ0v) is 10.6. The maximum absolute atomic E-state index is 9.73. The molecular formula is C10H12Cl2N4O. The van der Waals surface area contributed by atoms with E-state index < -0.39 is 0 Å². The maximum Gasteiger partial charge on any atom is 0.231 e. The number of halogens is 2. The summed E-state index contributed by atoms with van der Waals surface area (Å²) in [5, 5.41) is 9.96. The average molecular weight is 275 g/mol. The first-order valence-corrected chi connectivity index (χ1v) is 6.42. The molecule has 1 aromatic rings. The summed E-state index contributed by atoms with van der Waals surface area (Å²) in [6, 6.07) is 0.580. The third kappa shape index (κ3) is 2.07. The summed E-state index contributed by atoms with van der Waals surface area (Å²) in [6.07, 6.45) is 3.43. The highest BCUT2D eigenvalue weighted by Crippen LogP contribution is 2.38. The fourth-order valence-corrected chi connectivity index (χ4v) is 3.26. The zero-order valence-electron chi connectivity index (χ0n) is 9.05. The van der Waals surface area contributed by atoms with Crippen molar-refractivity contribution in [2.45, 2.75) is 43.9 Å². The highest BCUT2D eigenvalue weighted by atomic mass is 35.5. The third-order valence-electron chi connectivity index (χ3n) is 3.51. The quantitative estimate of drug-likeness (QED) is 0.844. The molecule has 3 heterocycles. The van der Waals surface area contributed by atoms with Crippen molar-refractivity contribution in [2.75, 3.05) is 4.90 Å². The molecule has 3 rings (SSSR count). The van der Waals surface area contributed by atoms with Crippen LogP contribution in [-0.4, -0.2) is 38.2 Å². The van der Waals surface area contributed by atoms with Gasteiger partial charge in [-0.2, -0.15) is 15.0 Å². The summed E-state index contributed by atoms with van der Waals surface area (Å²) in [5.41, 5.74) is 0. The molecule has 2 bridgehead atoms. The van der Waals surface area contributed by atoms with E-state index in [0.29, 0.717) is 18.0 Å². The summed E-state index contributed by atoms with van der Waals surface area (Å²) in [6.45, 7) is 0. The topological polar surface area (TPSA) is 62.1 Å². The van der Waals surface area contributed by atoms with Gasteiger partial charge in [0.2, 0.25) is 16.5 Å². The average Bonchev–Trinajstić information content (AvgIpc) is 2.50. The number of fused-ring (bicyclic) bond motifs is 2. The van der Waals surface area contributed by atoms with Gasteiger partial charge in [-0.3, -0.25) is 0 Å². The Morgan fingerprint density at radius 3 is 2.06 bits per heavy atom. The van der Waals surface area contributed by atoms with Crippen molar-refractivity contribution in [3.05, 3.63) is 10.6 Å². The molecule has 1 N–H and O–H groups in total. The highest BCUT2D eigenvalue weighted by molar-refractivity contribution is 6.31. The Morgan fingerprint density at radius 2 is 1.53 bits per heavy atom. The van der Waals surface area contributed by atoms with Gasteiger partial charge in [-0.25, -0.2) is 0 Å². The molecule has 17 heavy (non-hydrogen) atoms. The normalized spacial score (nSPS) is 31.9. The van der Waals surface area contributed by atoms with Crippen LogP contribution in [0.3, 0.4) is 0 Å². The van der Waals surface area contributed by atoms with Crippen LogP contribution >= 0.6 is 23.2 Å². The van der Waals surface area contributed by atoms with Gasteiger partial charge in [-0.05, 0) is 48.9 Å². The van der Waals surface area contributed by atoms with Gasteiger partial charge in [0.1, 0.15) is 0 Å². The molecule has 0 aromatic carbocycles. The molecule has 0 saturated carbocycles. The van der Waals surface area contributed by atoms with Crippen LogP contribution in [0.15, 0.2) is 0 Å². The lowest BCUT2D eigenvalue weighted by molar-refractivity contribution is 0.125. The SMILES string of the molecule is OC1CC2CCC(C1)N2c1nc(Cl)nc(Cl)n1. The number of hydrogen-bond donors (Lipinski definition) is 1. The molecule has 2 unspecified atom stereocenters. The molecule has 2 saturated heterocycles. The Hall–Kier alpha value is -0.650. The molecule has 0 aliphatic carbocycles. The van der Waals surface area contributed by atoms with Crippen molar-refractivity contribution >= 4 is 29.2 Å². The molecule has 2 aliphatic heterocycles. The van der Waals surface area contributed by atoms with E-state index in [-0.39, 0.29) is 16.7 Å². The number of aromatic nitrogens is 3. The largest absolute Gasteiger partial charge is 0.393 e. The van der Waals surface area contributed by atoms with Crippen LogP contribution in [0.25, 0.3) is 0 Å². The minimum atomic E-state index is -0.212. The number of nitrogens with zero attached hydrogens (tertiary/aromatic N) is 4. The predicted molar refractivity (Wildman–Crippen MR) is 64.4 cm³/mol. The fourth-order valence-electron chi connectivity index (χ4n) is 2.91. The lowest BCUT2D eigenvalue weighted by Gasteiger charge is -2.37. The fraction of sp³-hybridized carbons (Fsp3) is 0.700. The molecule has 5 nitrogen and oxygen atoms in total. The summed E-state index contributed by atoms with van der Waals surface area (Å²) in [4.78, 5) is 14.1. The van der Waals surface area contributed by atoms with E-state index >= 15 is 0 Å². The van der Waals surface area contributed by atoms with Crippen LogP contribution in [0.5, 0.6) is 0 Å². The van der Waals surface area contributed by atoms with Crippen LogP contribution < -0.4 is 4.90 Å². The second-order valence-corrected chi connectivity index (χ2v) is 5.27. The Morgan fingerprint density at radius 1 is 1.00 bits per heavy atom. The monoisotopic (exact) mass is 274 g/mol. The van der Waals surface area contributed by atoms with Crippen LogP contribution in [0.1, 0.15) is 25.7 Å². The van der Waals surface area contributed by atoms with E-state index in [2.05, 4.69) is 19.9 Å². The van der Waals surface area contributed by atoms with Crippen molar-refractivity contribution in [2.24, 2.45) is 0 Å². The minimum Gasteiger partial charge on any atom is -0.393 e. The van der Waals surface area contributed by atoms with Crippen molar-refractivity contribution in [3.8, 4) is 0 Å². The van der Waals surface area contributed by atoms with E-state index in [1.165, 1.54) is 0 Å². The molecule has 0 radical (unpaired) electrons. The Bertz CT molecular complexity index is 410. The van der Waals surface area contributed by atoms with Gasteiger partial charge in [0, 0.05) is 12.1 Å². The molecule has 2 atom stereocenters. The summed E-state index contributed by atoms with van der Waals surface area (Å²) in [5.74, 6) is 0.536. The van der Waals surface area contributed by atoms with Gasteiger partial charge in [0.05, 0.1) is 6.10 Å². The second kappa shape index (κ2) is 4.23. The zero-order chi connectivity index (χ0) is 12.0. The van der Waals surface area contributed by atoms with Crippen LogP contribution in [0.2, 0.25) is 10.6 Å². The van der Waals surface area contributed by atoms with Crippen LogP contribution in [0.4, 0.5) is 5.95 Å². The molecule has 0 spiro atoms. The molecular weight excluding hydrogens is 263 g/mol. The van der Waals surface area contributed by atoms with Crippen molar-refractivity contribution in [3.63, 3.8) is 0 Å². The Labute approximate surface area is 109 Å². The number of rotatable bonds is 1. The Balaban J connectivity index is 1.94. The highest BCUT2D eigenvalue weighted by Gasteiger charge is 2.41. The van der Waals surface area contributed by atoms with Gasteiger partial charge < -0.3 is 10.0 Å². The number of aliphatic hydroxyl groups excluding tert-OH is 1. The van der Waals surface area contributed by atoms with Crippen molar-refractivity contribution in [1.29, 1.82) is 0 Å². The van der Waals surface area contributed by atoms with E-state index in [1.54, 1.807) is 0 Å². The third-order valence-corrected chi connectivity index (χ3v) is 3.85. The molecule has 1 aromatic heterocycles. The summed E-state index contributed by atoms with van der Waals surface area (Å²) in [7, 11) is 0. The second-order valence-electron chi connectivity index (χ2n) is 4.59. The van der Waals surface area contributed by atoms with E-state index in [0.717, 1.165) is 25.7 Å². The number of anilines is 1. The smallest absolute Gasteiger partial charge is 0.231 e. The molecule has 0 amide bonds. The van der Waals surface area contributed by atoms with Gasteiger partial charge >= 0.3 is 0 Å². The lowest BCUT2D eigenvalue weighted by atomic mass is 10.0. The van der Waals surface area contributed by atoms with Crippen molar-refractivity contribution < 1.29 is 5.11 Å². The first kappa shape index (κ1) is 11.4. The minimum absolute atomic E-state index is 0.116. The summed E-state index contributed by atoms with van der Waals surface area (Å²) < 4.78 is 0. The van der Waals surface area contributed by atoms with Gasteiger partial charge in [0.15, 0.2) is 0 Å². The van der Waals surface area contributed by atoms with Gasteiger partial charge in [0.25, 0.3) is 0 Å². The molecule has 7 heteroatoms. The van der Waals surface area contributed by atoms with Gasteiger partial charge in [-0.15, -0.1) is 0 Å². The first-order valence-electron chi connectivity index (χ1n) is 5.67. The van der Waals surface area contributed by atoms with E-state index in [4.69, 9.17) is 23.2 Å². The van der Waals surface area contributed by atoms with Gasteiger partial charge in [-0.1, -0.05) is 0 Å². The Kier molecular flexibility index (Phi) is 2.84. The lowest BCUT2D eigenvalue weighted by Crippen LogP contribution is -2.45. The van der Waals surface area contributed by atoms with E-state index in [9.17, 15) is 5.11 Å². The number of aliphatic hydroxyl groups is 1. The van der Waals surface area contributed by atoms with Crippen LogP contribution in [0, 0.1) is 0 Å². The molecule has 2 aliphatic rings. The molecule has 92 valence electrons. The molecule has 2 fully saturated rings. The number of piperidine rings is 1. The first-order chi connectivity index (χ1) is 8.13. The summed E-state index contributed by atoms with van der Waals surface area (Å²) >= 11 is 11.6. The number of hydrogen-bond acceptors (Lipinski definition) is 5. The maximum atomic E-state index is 9.73.